The second-order valence-corrected chi connectivity index (χ2v) is 10.5. The van der Waals surface area contributed by atoms with E-state index in [-0.39, 0.29) is 23.2 Å². The number of piperazine rings is 1. The van der Waals surface area contributed by atoms with Gasteiger partial charge in [-0.25, -0.2) is 19.0 Å². The summed E-state index contributed by atoms with van der Waals surface area (Å²) < 4.78 is 4.67. The Kier molecular flexibility index (Phi) is 6.78. The van der Waals surface area contributed by atoms with Crippen LogP contribution in [0.25, 0.3) is 16.9 Å². The molecule has 38 heavy (non-hydrogen) atoms. The third-order valence-electron chi connectivity index (χ3n) is 6.93. The zero-order chi connectivity index (χ0) is 27.1. The summed E-state index contributed by atoms with van der Waals surface area (Å²) in [6, 6.07) is 9.04. The van der Waals surface area contributed by atoms with Gasteiger partial charge in [0.05, 0.1) is 6.04 Å². The molecule has 1 saturated heterocycles. The molecule has 4 aromatic rings. The van der Waals surface area contributed by atoms with Crippen molar-refractivity contribution in [1.82, 2.24) is 34.0 Å². The fourth-order valence-electron chi connectivity index (χ4n) is 4.91. The summed E-state index contributed by atoms with van der Waals surface area (Å²) in [7, 11) is 2.15. The van der Waals surface area contributed by atoms with Gasteiger partial charge in [0.25, 0.3) is 11.1 Å². The normalized spacial score (nSPS) is 14.7. The van der Waals surface area contributed by atoms with Crippen molar-refractivity contribution in [3.05, 3.63) is 62.8 Å². The van der Waals surface area contributed by atoms with Crippen LogP contribution in [-0.4, -0.2) is 67.2 Å². The number of aryl methyl sites for hydroxylation is 1. The maximum atomic E-state index is 13.3. The standard InChI is InChI=1S/C27H35N9O2/c1-17(2)34-24(37)10-9-23(31-34)36-25-21(26(38)35(36)18(3)4)16-28-27(30-25)29-20-7-8-22(19(5)15-20)33-13-11-32(6)12-14-33/h7-10,15-18H,11-14H2,1-6H3,(H,28,29,30). The van der Waals surface area contributed by atoms with Crippen LogP contribution in [0.1, 0.15) is 45.3 Å². The summed E-state index contributed by atoms with van der Waals surface area (Å²) in [5, 5.41) is 8.24. The summed E-state index contributed by atoms with van der Waals surface area (Å²) in [4.78, 5) is 39.6. The zero-order valence-electron chi connectivity index (χ0n) is 22.8. The van der Waals surface area contributed by atoms with Gasteiger partial charge in [-0.3, -0.25) is 9.59 Å². The molecule has 4 heterocycles. The first kappa shape index (κ1) is 25.7. The van der Waals surface area contributed by atoms with Crippen LogP contribution in [0.3, 0.4) is 0 Å². The molecule has 0 aliphatic carbocycles. The van der Waals surface area contributed by atoms with Crippen molar-refractivity contribution in [2.24, 2.45) is 0 Å². The Morgan fingerprint density at radius 2 is 1.68 bits per heavy atom. The van der Waals surface area contributed by atoms with Crippen LogP contribution >= 0.6 is 0 Å². The highest BCUT2D eigenvalue weighted by molar-refractivity contribution is 5.77. The minimum absolute atomic E-state index is 0.132. The molecular formula is C27H35N9O2. The number of nitrogens with zero attached hydrogens (tertiary/aromatic N) is 8. The van der Waals surface area contributed by atoms with Gasteiger partial charge in [-0.1, -0.05) is 0 Å². The fourth-order valence-corrected chi connectivity index (χ4v) is 4.91. The second kappa shape index (κ2) is 10.1. The molecule has 0 atom stereocenters. The molecule has 1 aliphatic rings. The molecule has 5 rings (SSSR count). The number of fused-ring (bicyclic) bond motifs is 1. The Morgan fingerprint density at radius 3 is 2.34 bits per heavy atom. The summed E-state index contributed by atoms with van der Waals surface area (Å²) in [5.41, 5.74) is 3.28. The lowest BCUT2D eigenvalue weighted by molar-refractivity contribution is 0.312. The first-order valence-corrected chi connectivity index (χ1v) is 13.1. The Balaban J connectivity index is 1.54. The first-order chi connectivity index (χ1) is 18.1. The first-order valence-electron chi connectivity index (χ1n) is 13.1. The molecule has 11 heteroatoms. The van der Waals surface area contributed by atoms with Gasteiger partial charge >= 0.3 is 0 Å². The van der Waals surface area contributed by atoms with Gasteiger partial charge in [-0.2, -0.15) is 4.98 Å². The molecule has 0 saturated carbocycles. The van der Waals surface area contributed by atoms with E-state index in [9.17, 15) is 9.59 Å². The lowest BCUT2D eigenvalue weighted by Crippen LogP contribution is -2.44. The average Bonchev–Trinajstić information content (AvgIpc) is 3.17. The number of aromatic nitrogens is 6. The fraction of sp³-hybridized carbons (Fsp3) is 0.444. The molecule has 1 fully saturated rings. The molecule has 11 nitrogen and oxygen atoms in total. The Bertz CT molecular complexity index is 1590. The van der Waals surface area contributed by atoms with E-state index in [0.717, 1.165) is 31.9 Å². The molecule has 1 aliphatic heterocycles. The van der Waals surface area contributed by atoms with E-state index < -0.39 is 0 Å². The van der Waals surface area contributed by atoms with Gasteiger partial charge in [0, 0.05) is 55.9 Å². The molecule has 0 unspecified atom stereocenters. The third-order valence-corrected chi connectivity index (χ3v) is 6.93. The van der Waals surface area contributed by atoms with Crippen molar-refractivity contribution in [3.8, 4) is 5.82 Å². The van der Waals surface area contributed by atoms with Crippen LogP contribution in [0.4, 0.5) is 17.3 Å². The number of likely N-dealkylation sites (N-methyl/N-ethyl adjacent to an activating group) is 1. The van der Waals surface area contributed by atoms with Crippen LogP contribution in [0.2, 0.25) is 0 Å². The third kappa shape index (κ3) is 4.69. The molecule has 1 aromatic carbocycles. The Hall–Kier alpha value is -3.99. The van der Waals surface area contributed by atoms with Gasteiger partial charge in [0.1, 0.15) is 5.39 Å². The predicted molar refractivity (Wildman–Crippen MR) is 150 cm³/mol. The van der Waals surface area contributed by atoms with Crippen LogP contribution in [0.15, 0.2) is 46.1 Å². The lowest BCUT2D eigenvalue weighted by atomic mass is 10.1. The maximum absolute atomic E-state index is 13.3. The van der Waals surface area contributed by atoms with Crippen LogP contribution in [-0.2, 0) is 0 Å². The largest absolute Gasteiger partial charge is 0.369 e. The molecule has 0 spiro atoms. The molecular weight excluding hydrogens is 482 g/mol. The van der Waals surface area contributed by atoms with Crippen molar-refractivity contribution in [1.29, 1.82) is 0 Å². The minimum atomic E-state index is -0.210. The number of rotatable bonds is 6. The van der Waals surface area contributed by atoms with Crippen molar-refractivity contribution in [2.75, 3.05) is 43.4 Å². The number of benzene rings is 1. The van der Waals surface area contributed by atoms with Crippen LogP contribution in [0, 0.1) is 6.92 Å². The van der Waals surface area contributed by atoms with Crippen molar-refractivity contribution in [3.63, 3.8) is 0 Å². The molecule has 0 amide bonds. The molecule has 0 radical (unpaired) electrons. The van der Waals surface area contributed by atoms with Gasteiger partial charge < -0.3 is 15.1 Å². The number of hydrogen-bond acceptors (Lipinski definition) is 8. The summed E-state index contributed by atoms with van der Waals surface area (Å²) in [6.07, 6.45) is 1.55. The summed E-state index contributed by atoms with van der Waals surface area (Å²) in [5.74, 6) is 0.812. The predicted octanol–water partition coefficient (Wildman–Crippen LogP) is 3.10. The SMILES string of the molecule is Cc1cc(Nc2ncc3c(=O)n(C(C)C)n(-c4ccc(=O)n(C(C)C)n4)c3n2)ccc1N1CCN(C)CC1. The van der Waals surface area contributed by atoms with E-state index in [1.807, 2.05) is 33.8 Å². The van der Waals surface area contributed by atoms with E-state index in [2.05, 4.69) is 51.3 Å². The monoisotopic (exact) mass is 517 g/mol. The molecule has 1 N–H and O–H groups in total. The van der Waals surface area contributed by atoms with E-state index in [0.29, 0.717) is 22.8 Å². The highest BCUT2D eigenvalue weighted by atomic mass is 16.1. The van der Waals surface area contributed by atoms with Gasteiger partial charge in [-0.15, -0.1) is 5.10 Å². The Morgan fingerprint density at radius 1 is 0.947 bits per heavy atom. The van der Waals surface area contributed by atoms with E-state index in [4.69, 9.17) is 4.98 Å². The van der Waals surface area contributed by atoms with Gasteiger partial charge in [-0.05, 0) is 71.5 Å². The molecule has 3 aromatic heterocycles. The topological polar surface area (TPSA) is 106 Å². The summed E-state index contributed by atoms with van der Waals surface area (Å²) >= 11 is 0. The number of hydrogen-bond donors (Lipinski definition) is 1. The quantitative estimate of drug-likeness (QED) is 0.416. The molecule has 200 valence electrons. The van der Waals surface area contributed by atoms with E-state index in [1.165, 1.54) is 22.0 Å². The zero-order valence-corrected chi connectivity index (χ0v) is 22.8. The maximum Gasteiger partial charge on any atom is 0.278 e. The minimum Gasteiger partial charge on any atom is -0.369 e. The average molecular weight is 518 g/mol. The highest BCUT2D eigenvalue weighted by Gasteiger charge is 2.21. The smallest absolute Gasteiger partial charge is 0.278 e. The van der Waals surface area contributed by atoms with Crippen molar-refractivity contribution in [2.45, 2.75) is 46.7 Å². The van der Waals surface area contributed by atoms with Crippen molar-refractivity contribution >= 4 is 28.4 Å². The van der Waals surface area contributed by atoms with E-state index in [1.54, 1.807) is 21.6 Å². The van der Waals surface area contributed by atoms with Gasteiger partial charge in [0.2, 0.25) is 5.95 Å². The Labute approximate surface area is 221 Å². The lowest BCUT2D eigenvalue weighted by Gasteiger charge is -2.35. The van der Waals surface area contributed by atoms with Gasteiger partial charge in [0.15, 0.2) is 11.5 Å². The molecule has 0 bridgehead atoms. The summed E-state index contributed by atoms with van der Waals surface area (Å²) in [6.45, 7) is 13.9. The van der Waals surface area contributed by atoms with E-state index >= 15 is 0 Å². The highest BCUT2D eigenvalue weighted by Crippen LogP contribution is 2.26. The van der Waals surface area contributed by atoms with Crippen LogP contribution < -0.4 is 21.3 Å². The second-order valence-electron chi connectivity index (χ2n) is 10.5. The number of anilines is 3. The van der Waals surface area contributed by atoms with Crippen molar-refractivity contribution < 1.29 is 0 Å². The number of nitrogens with one attached hydrogen (secondary N) is 1. The van der Waals surface area contributed by atoms with Crippen LogP contribution in [0.5, 0.6) is 0 Å².